The van der Waals surface area contributed by atoms with Gasteiger partial charge in [-0.25, -0.2) is 0 Å². The molecule has 2 N–H and O–H groups in total. The minimum Gasteiger partial charge on any atom is -0.352 e. The van der Waals surface area contributed by atoms with Gasteiger partial charge in [-0.05, 0) is 42.0 Å². The van der Waals surface area contributed by atoms with Crippen LogP contribution in [0.5, 0.6) is 0 Å². The van der Waals surface area contributed by atoms with Crippen LogP contribution in [0.15, 0.2) is 48.5 Å². The van der Waals surface area contributed by atoms with Crippen LogP contribution in [-0.2, 0) is 11.2 Å². The minimum absolute atomic E-state index is 0.0892. The quantitative estimate of drug-likeness (QED) is 0.734. The van der Waals surface area contributed by atoms with Crippen molar-refractivity contribution in [1.29, 1.82) is 0 Å². The predicted octanol–water partition coefficient (Wildman–Crippen LogP) is 4.52. The normalized spacial score (nSPS) is 10.6. The van der Waals surface area contributed by atoms with Crippen molar-refractivity contribution in [2.75, 3.05) is 11.9 Å². The van der Waals surface area contributed by atoms with Crippen LogP contribution in [0, 0.1) is 0 Å². The summed E-state index contributed by atoms with van der Waals surface area (Å²) in [6, 6.07) is 15.5. The van der Waals surface area contributed by atoms with E-state index in [1.807, 2.05) is 13.0 Å². The van der Waals surface area contributed by atoms with E-state index >= 15 is 0 Å². The van der Waals surface area contributed by atoms with Gasteiger partial charge in [-0.3, -0.25) is 9.59 Å². The van der Waals surface area contributed by atoms with Gasteiger partial charge in [-0.15, -0.1) is 0 Å². The monoisotopic (exact) mass is 352 g/mol. The highest BCUT2D eigenvalue weighted by Gasteiger charge is 2.12. The van der Waals surface area contributed by atoms with Gasteiger partial charge in [0.2, 0.25) is 5.91 Å². The molecule has 0 fully saturated rings. The maximum atomic E-state index is 12.3. The molecular formula is C22H28N2O2. The summed E-state index contributed by atoms with van der Waals surface area (Å²) in [6.45, 7) is 6.95. The number of rotatable bonds is 8. The standard InChI is InChI=1S/C22H28N2O2/c1-4-15-23-22(26)19-7-5-6-8-20(19)24-21(25)14-11-17-9-12-18(13-10-17)16(2)3/h5-10,12-13,16H,4,11,14-15H2,1-3H3,(H,23,26)(H,24,25). The molecule has 4 heteroatoms. The van der Waals surface area contributed by atoms with E-state index in [1.165, 1.54) is 5.56 Å². The molecule has 2 rings (SSSR count). The lowest BCUT2D eigenvalue weighted by Gasteiger charge is -2.11. The number of carbonyl (C=O) groups is 2. The first-order valence-corrected chi connectivity index (χ1v) is 9.27. The summed E-state index contributed by atoms with van der Waals surface area (Å²) >= 11 is 0. The lowest BCUT2D eigenvalue weighted by molar-refractivity contribution is -0.116. The fourth-order valence-electron chi connectivity index (χ4n) is 2.66. The Balaban J connectivity index is 1.94. The van der Waals surface area contributed by atoms with Gasteiger partial charge < -0.3 is 10.6 Å². The van der Waals surface area contributed by atoms with Crippen molar-refractivity contribution in [3.8, 4) is 0 Å². The van der Waals surface area contributed by atoms with E-state index in [9.17, 15) is 9.59 Å². The second kappa shape index (κ2) is 9.76. The minimum atomic E-state index is -0.160. The molecule has 0 radical (unpaired) electrons. The Morgan fingerprint density at radius 1 is 1.00 bits per heavy atom. The van der Waals surface area contributed by atoms with Crippen LogP contribution in [-0.4, -0.2) is 18.4 Å². The van der Waals surface area contributed by atoms with Gasteiger partial charge in [0.05, 0.1) is 11.3 Å². The first-order valence-electron chi connectivity index (χ1n) is 9.27. The second-order valence-electron chi connectivity index (χ2n) is 6.75. The Bertz CT molecular complexity index is 736. The fourth-order valence-corrected chi connectivity index (χ4v) is 2.66. The first kappa shape index (κ1) is 19.7. The number of amides is 2. The third-order valence-electron chi connectivity index (χ3n) is 4.27. The van der Waals surface area contributed by atoms with E-state index < -0.39 is 0 Å². The number of carbonyl (C=O) groups excluding carboxylic acids is 2. The summed E-state index contributed by atoms with van der Waals surface area (Å²) in [7, 11) is 0. The maximum absolute atomic E-state index is 12.3. The number of benzene rings is 2. The average Bonchev–Trinajstić information content (AvgIpc) is 2.65. The Labute approximate surface area is 156 Å². The molecule has 0 aliphatic rings. The van der Waals surface area contributed by atoms with Crippen molar-refractivity contribution in [3.63, 3.8) is 0 Å². The molecular weight excluding hydrogens is 324 g/mol. The number of nitrogens with one attached hydrogen (secondary N) is 2. The summed E-state index contributed by atoms with van der Waals surface area (Å²) in [6.07, 6.45) is 1.93. The highest BCUT2D eigenvalue weighted by molar-refractivity contribution is 6.03. The molecule has 26 heavy (non-hydrogen) atoms. The van der Waals surface area contributed by atoms with Crippen molar-refractivity contribution in [3.05, 3.63) is 65.2 Å². The van der Waals surface area contributed by atoms with E-state index in [2.05, 4.69) is 48.7 Å². The van der Waals surface area contributed by atoms with Crippen molar-refractivity contribution in [2.45, 2.75) is 46.0 Å². The summed E-state index contributed by atoms with van der Waals surface area (Å²) in [5.74, 6) is 0.253. The average molecular weight is 352 g/mol. The van der Waals surface area contributed by atoms with Crippen molar-refractivity contribution in [2.24, 2.45) is 0 Å². The zero-order valence-electron chi connectivity index (χ0n) is 15.8. The van der Waals surface area contributed by atoms with Crippen LogP contribution in [0.2, 0.25) is 0 Å². The van der Waals surface area contributed by atoms with Crippen molar-refractivity contribution < 1.29 is 9.59 Å². The lowest BCUT2D eigenvalue weighted by atomic mass is 10.0. The Hall–Kier alpha value is -2.62. The van der Waals surface area contributed by atoms with Crippen LogP contribution in [0.4, 0.5) is 5.69 Å². The van der Waals surface area contributed by atoms with E-state index in [0.29, 0.717) is 36.6 Å². The molecule has 0 atom stereocenters. The van der Waals surface area contributed by atoms with Gasteiger partial charge in [0.25, 0.3) is 5.91 Å². The van der Waals surface area contributed by atoms with Gasteiger partial charge >= 0.3 is 0 Å². The number of hydrogen-bond acceptors (Lipinski definition) is 2. The molecule has 138 valence electrons. The SMILES string of the molecule is CCCNC(=O)c1ccccc1NC(=O)CCc1ccc(C(C)C)cc1. The predicted molar refractivity (Wildman–Crippen MR) is 107 cm³/mol. The lowest BCUT2D eigenvalue weighted by Crippen LogP contribution is -2.25. The summed E-state index contributed by atoms with van der Waals surface area (Å²) in [5.41, 5.74) is 3.49. The topological polar surface area (TPSA) is 58.2 Å². The molecule has 0 unspecified atom stereocenters. The van der Waals surface area contributed by atoms with Crippen LogP contribution in [0.25, 0.3) is 0 Å². The van der Waals surface area contributed by atoms with Gasteiger partial charge in [-0.1, -0.05) is 57.2 Å². The molecule has 2 aromatic rings. The highest BCUT2D eigenvalue weighted by atomic mass is 16.2. The highest BCUT2D eigenvalue weighted by Crippen LogP contribution is 2.17. The van der Waals surface area contributed by atoms with Crippen molar-refractivity contribution in [1.82, 2.24) is 5.32 Å². The zero-order chi connectivity index (χ0) is 18.9. The molecule has 0 saturated heterocycles. The maximum Gasteiger partial charge on any atom is 0.253 e. The first-order chi connectivity index (χ1) is 12.5. The number of anilines is 1. The smallest absolute Gasteiger partial charge is 0.253 e. The van der Waals surface area contributed by atoms with Gasteiger partial charge in [0.15, 0.2) is 0 Å². The van der Waals surface area contributed by atoms with Gasteiger partial charge in [-0.2, -0.15) is 0 Å². The summed E-state index contributed by atoms with van der Waals surface area (Å²) in [4.78, 5) is 24.5. The van der Waals surface area contributed by atoms with Crippen molar-refractivity contribution >= 4 is 17.5 Å². The van der Waals surface area contributed by atoms with E-state index in [1.54, 1.807) is 18.2 Å². The molecule has 0 heterocycles. The molecule has 2 amide bonds. The number of aryl methyl sites for hydroxylation is 1. The Morgan fingerprint density at radius 3 is 2.35 bits per heavy atom. The summed E-state index contributed by atoms with van der Waals surface area (Å²) in [5, 5.41) is 5.71. The largest absolute Gasteiger partial charge is 0.352 e. The summed E-state index contributed by atoms with van der Waals surface area (Å²) < 4.78 is 0. The van der Waals surface area contributed by atoms with E-state index in [4.69, 9.17) is 0 Å². The Kier molecular flexibility index (Phi) is 7.39. The van der Waals surface area contributed by atoms with Crippen LogP contribution >= 0.6 is 0 Å². The fraction of sp³-hybridized carbons (Fsp3) is 0.364. The van der Waals surface area contributed by atoms with Crippen LogP contribution < -0.4 is 10.6 Å². The zero-order valence-corrected chi connectivity index (χ0v) is 15.8. The molecule has 0 bridgehead atoms. The van der Waals surface area contributed by atoms with Crippen LogP contribution in [0.1, 0.15) is 61.0 Å². The molecule has 4 nitrogen and oxygen atoms in total. The van der Waals surface area contributed by atoms with E-state index in [-0.39, 0.29) is 11.8 Å². The molecule has 0 saturated carbocycles. The number of hydrogen-bond donors (Lipinski definition) is 2. The third-order valence-corrected chi connectivity index (χ3v) is 4.27. The van der Waals surface area contributed by atoms with Gasteiger partial charge in [0.1, 0.15) is 0 Å². The van der Waals surface area contributed by atoms with Gasteiger partial charge in [0, 0.05) is 13.0 Å². The molecule has 0 spiro atoms. The molecule has 0 aliphatic carbocycles. The molecule has 0 aromatic heterocycles. The van der Waals surface area contributed by atoms with E-state index in [0.717, 1.165) is 12.0 Å². The Morgan fingerprint density at radius 2 is 1.69 bits per heavy atom. The van der Waals surface area contributed by atoms with Crippen LogP contribution in [0.3, 0.4) is 0 Å². The molecule has 0 aliphatic heterocycles. The number of para-hydroxylation sites is 1. The third kappa shape index (κ3) is 5.73. The molecule has 2 aromatic carbocycles. The second-order valence-corrected chi connectivity index (χ2v) is 6.75.